The molecule has 1 aromatic heterocycles. The van der Waals surface area contributed by atoms with E-state index in [0.717, 1.165) is 37.5 Å². The maximum Gasteiger partial charge on any atom is 0.178 e. The average Bonchev–Trinajstić information content (AvgIpc) is 3.47. The molecule has 1 N–H and O–H groups in total. The Kier molecular flexibility index (Phi) is 8.49. The third-order valence-corrected chi connectivity index (χ3v) is 7.58. The lowest BCUT2D eigenvalue weighted by Gasteiger charge is -2.43. The molecule has 1 aliphatic heterocycles. The molecule has 3 aromatic carbocycles. The van der Waals surface area contributed by atoms with Gasteiger partial charge in [0.15, 0.2) is 6.23 Å². The number of aliphatic hydroxyl groups excluding tert-OH is 1. The Bertz CT molecular complexity index is 1210. The molecule has 2 atom stereocenters. The van der Waals surface area contributed by atoms with Crippen molar-refractivity contribution in [3.8, 4) is 5.75 Å². The third kappa shape index (κ3) is 6.38. The Morgan fingerprint density at radius 2 is 1.35 bits per heavy atom. The molecule has 4 nitrogen and oxygen atoms in total. The molecule has 4 aromatic rings. The summed E-state index contributed by atoms with van der Waals surface area (Å²) in [6.07, 6.45) is 3.14. The molecule has 1 saturated heterocycles. The molecule has 0 saturated carbocycles. The second kappa shape index (κ2) is 12.3. The van der Waals surface area contributed by atoms with Crippen LogP contribution < -0.4 is 4.74 Å². The summed E-state index contributed by atoms with van der Waals surface area (Å²) in [6.45, 7) is 5.23. The first-order chi connectivity index (χ1) is 18.2. The van der Waals surface area contributed by atoms with E-state index in [1.54, 1.807) is 11.3 Å². The summed E-state index contributed by atoms with van der Waals surface area (Å²) in [5, 5.41) is 14.9. The molecule has 1 fully saturated rings. The van der Waals surface area contributed by atoms with Gasteiger partial charge in [-0.3, -0.25) is 9.80 Å². The van der Waals surface area contributed by atoms with Gasteiger partial charge in [-0.15, -0.1) is 0 Å². The van der Waals surface area contributed by atoms with E-state index < -0.39 is 12.3 Å². The van der Waals surface area contributed by atoms with Gasteiger partial charge in [0.25, 0.3) is 0 Å². The summed E-state index contributed by atoms with van der Waals surface area (Å²) in [5.74, 6) is 0.786. The fourth-order valence-electron chi connectivity index (χ4n) is 5.02. The zero-order valence-electron chi connectivity index (χ0n) is 21.2. The topological polar surface area (TPSA) is 35.9 Å². The minimum atomic E-state index is -0.625. The second-order valence-electron chi connectivity index (χ2n) is 9.47. The zero-order chi connectivity index (χ0) is 25.5. The molecule has 2 unspecified atom stereocenters. The van der Waals surface area contributed by atoms with Crippen LogP contribution in [0.2, 0.25) is 0 Å². The van der Waals surface area contributed by atoms with Crippen LogP contribution in [0.1, 0.15) is 35.2 Å². The normalized spacial score (nSPS) is 16.7. The summed E-state index contributed by atoms with van der Waals surface area (Å²) in [7, 11) is 0. The second-order valence-corrected chi connectivity index (χ2v) is 10.3. The summed E-state index contributed by atoms with van der Waals surface area (Å²) in [5.41, 5.74) is 4.79. The Morgan fingerprint density at radius 3 is 1.95 bits per heavy atom. The Balaban J connectivity index is 1.30. The number of hydrogen-bond donors (Lipinski definition) is 1. The zero-order valence-corrected chi connectivity index (χ0v) is 22.0. The number of para-hydroxylation sites is 1. The number of hydrogen-bond acceptors (Lipinski definition) is 5. The van der Waals surface area contributed by atoms with Gasteiger partial charge >= 0.3 is 0 Å². The van der Waals surface area contributed by atoms with Crippen LogP contribution in [0.25, 0.3) is 12.2 Å². The van der Waals surface area contributed by atoms with Gasteiger partial charge in [-0.25, -0.2) is 0 Å². The Hall–Kier alpha value is -3.22. The summed E-state index contributed by atoms with van der Waals surface area (Å²) >= 11 is 1.69. The van der Waals surface area contributed by atoms with E-state index in [-0.39, 0.29) is 6.04 Å². The molecule has 5 heteroatoms. The standard InChI is InChI=1S/C32H34N2O2S/c1-25(35)32(36-30-15-9-8-10-27(30)17-16-26-18-23-37-24-26)34-21-19-33(20-22-34)31(28-11-4-2-5-12-28)29-13-6-3-7-14-29/h2-18,23-25,31-32,35H,19-22H2,1H3/b17-16+. The number of nitrogens with zero attached hydrogens (tertiary/aromatic N) is 2. The molecular weight excluding hydrogens is 476 g/mol. The van der Waals surface area contributed by atoms with E-state index in [0.29, 0.717) is 0 Å². The molecule has 0 radical (unpaired) electrons. The number of aliphatic hydroxyl groups is 1. The predicted octanol–water partition coefficient (Wildman–Crippen LogP) is 6.41. The van der Waals surface area contributed by atoms with E-state index in [9.17, 15) is 5.11 Å². The number of rotatable bonds is 9. The van der Waals surface area contributed by atoms with Crippen LogP contribution in [-0.4, -0.2) is 53.4 Å². The minimum absolute atomic E-state index is 0.207. The molecular formula is C32H34N2O2S. The molecule has 37 heavy (non-hydrogen) atoms. The van der Waals surface area contributed by atoms with Gasteiger partial charge in [-0.1, -0.05) is 91.0 Å². The van der Waals surface area contributed by atoms with Crippen LogP contribution in [0.3, 0.4) is 0 Å². The fraction of sp³-hybridized carbons (Fsp3) is 0.250. The highest BCUT2D eigenvalue weighted by molar-refractivity contribution is 7.08. The smallest absolute Gasteiger partial charge is 0.178 e. The van der Waals surface area contributed by atoms with Gasteiger partial charge in [-0.2, -0.15) is 11.3 Å². The van der Waals surface area contributed by atoms with Crippen LogP contribution in [0.15, 0.2) is 102 Å². The highest BCUT2D eigenvalue weighted by Gasteiger charge is 2.32. The lowest BCUT2D eigenvalue weighted by Crippen LogP contribution is -2.55. The van der Waals surface area contributed by atoms with Crippen molar-refractivity contribution in [1.29, 1.82) is 0 Å². The van der Waals surface area contributed by atoms with Crippen LogP contribution in [0.4, 0.5) is 0 Å². The van der Waals surface area contributed by atoms with Crippen molar-refractivity contribution in [2.75, 3.05) is 26.2 Å². The molecule has 0 amide bonds. The summed E-state index contributed by atoms with van der Waals surface area (Å²) in [4.78, 5) is 4.81. The number of thiophene rings is 1. The maximum atomic E-state index is 10.7. The van der Waals surface area contributed by atoms with E-state index >= 15 is 0 Å². The van der Waals surface area contributed by atoms with Crippen LogP contribution >= 0.6 is 11.3 Å². The Labute approximate surface area is 224 Å². The predicted molar refractivity (Wildman–Crippen MR) is 154 cm³/mol. The first kappa shape index (κ1) is 25.4. The van der Waals surface area contributed by atoms with Crippen LogP contribution in [0.5, 0.6) is 5.75 Å². The molecule has 190 valence electrons. The highest BCUT2D eigenvalue weighted by Crippen LogP contribution is 2.30. The summed E-state index contributed by atoms with van der Waals surface area (Å²) in [6, 6.07) is 31.8. The molecule has 2 heterocycles. The van der Waals surface area contributed by atoms with Gasteiger partial charge in [0.1, 0.15) is 11.9 Å². The highest BCUT2D eigenvalue weighted by atomic mass is 32.1. The van der Waals surface area contributed by atoms with Crippen molar-refractivity contribution in [2.24, 2.45) is 0 Å². The first-order valence-electron chi connectivity index (χ1n) is 12.9. The summed E-state index contributed by atoms with van der Waals surface area (Å²) < 4.78 is 6.49. The average molecular weight is 511 g/mol. The molecule has 0 bridgehead atoms. The van der Waals surface area contributed by atoms with Crippen molar-refractivity contribution < 1.29 is 9.84 Å². The SMILES string of the molecule is CC(O)C(Oc1ccccc1/C=C/c1ccsc1)N1CCN(C(c2ccccc2)c2ccccc2)CC1. The van der Waals surface area contributed by atoms with Gasteiger partial charge in [0, 0.05) is 31.7 Å². The molecule has 0 aliphatic carbocycles. The fourth-order valence-corrected chi connectivity index (χ4v) is 5.65. The first-order valence-corrected chi connectivity index (χ1v) is 13.9. The van der Waals surface area contributed by atoms with Gasteiger partial charge in [-0.05, 0) is 46.5 Å². The lowest BCUT2D eigenvalue weighted by molar-refractivity contribution is -0.0770. The van der Waals surface area contributed by atoms with Crippen molar-refractivity contribution >= 4 is 23.5 Å². The number of piperazine rings is 1. The maximum absolute atomic E-state index is 10.7. The molecule has 5 rings (SSSR count). The van der Waals surface area contributed by atoms with Crippen LogP contribution in [-0.2, 0) is 0 Å². The van der Waals surface area contributed by atoms with E-state index in [2.05, 4.69) is 106 Å². The van der Waals surface area contributed by atoms with Crippen molar-refractivity contribution in [3.63, 3.8) is 0 Å². The third-order valence-electron chi connectivity index (χ3n) is 6.88. The van der Waals surface area contributed by atoms with Gasteiger partial charge < -0.3 is 9.84 Å². The molecule has 0 spiro atoms. The van der Waals surface area contributed by atoms with Gasteiger partial charge in [0.05, 0.1) is 6.04 Å². The Morgan fingerprint density at radius 1 is 0.757 bits per heavy atom. The van der Waals surface area contributed by atoms with Gasteiger partial charge in [0.2, 0.25) is 0 Å². The van der Waals surface area contributed by atoms with Crippen molar-refractivity contribution in [2.45, 2.75) is 25.3 Å². The largest absolute Gasteiger partial charge is 0.472 e. The number of ether oxygens (including phenoxy) is 1. The number of benzene rings is 3. The van der Waals surface area contributed by atoms with Crippen molar-refractivity contribution in [1.82, 2.24) is 9.80 Å². The molecule has 1 aliphatic rings. The van der Waals surface area contributed by atoms with Crippen LogP contribution in [0, 0.1) is 0 Å². The van der Waals surface area contributed by atoms with Crippen molar-refractivity contribution in [3.05, 3.63) is 124 Å². The monoisotopic (exact) mass is 510 g/mol. The van der Waals surface area contributed by atoms with E-state index in [1.165, 1.54) is 16.7 Å². The quantitative estimate of drug-likeness (QED) is 0.282. The van der Waals surface area contributed by atoms with E-state index in [1.807, 2.05) is 25.1 Å². The minimum Gasteiger partial charge on any atom is -0.472 e. The van der Waals surface area contributed by atoms with E-state index in [4.69, 9.17) is 4.74 Å². The lowest BCUT2D eigenvalue weighted by atomic mass is 9.96.